The Morgan fingerprint density at radius 3 is 1.69 bits per heavy atom. The first-order valence-electron chi connectivity index (χ1n) is 4.77. The smallest absolute Gasteiger partial charge is 0.292 e. The van der Waals surface area contributed by atoms with Crippen molar-refractivity contribution in [2.75, 3.05) is 0 Å². The molecule has 0 N–H and O–H groups in total. The predicted molar refractivity (Wildman–Crippen MR) is 62.2 cm³/mol. The first-order chi connectivity index (χ1) is 5.54. The van der Waals surface area contributed by atoms with E-state index in [0.717, 1.165) is 0 Å². The average molecular weight is 218 g/mol. The van der Waals surface area contributed by atoms with Gasteiger partial charge in [0.1, 0.15) is 0 Å². The molecular formula is C9H22O2Si2. The standard InChI is InChI=1S/C9H22O2Si2/c1-8(12(2,3)4)9(10)11-13(5,6)7/h8H,1-7H3. The van der Waals surface area contributed by atoms with Crippen LogP contribution in [0.1, 0.15) is 6.92 Å². The van der Waals surface area contributed by atoms with Gasteiger partial charge in [0.05, 0.1) is 8.07 Å². The van der Waals surface area contributed by atoms with Crippen molar-refractivity contribution in [3.63, 3.8) is 0 Å². The third-order valence-corrected chi connectivity index (χ3v) is 5.71. The summed E-state index contributed by atoms with van der Waals surface area (Å²) in [5, 5.41) is 0. The molecule has 0 saturated heterocycles. The normalized spacial score (nSPS) is 15.3. The summed E-state index contributed by atoms with van der Waals surface area (Å²) in [5.41, 5.74) is 0.110. The molecule has 0 radical (unpaired) electrons. The topological polar surface area (TPSA) is 26.3 Å². The first kappa shape index (κ1) is 12.9. The van der Waals surface area contributed by atoms with Gasteiger partial charge in [-0.2, -0.15) is 0 Å². The van der Waals surface area contributed by atoms with Gasteiger partial charge in [-0.05, 0) is 19.6 Å². The molecule has 0 heterocycles. The fraction of sp³-hybridized carbons (Fsp3) is 0.889. The Labute approximate surface area is 83.8 Å². The minimum absolute atomic E-state index is 0.0123. The Kier molecular flexibility index (Phi) is 3.93. The molecule has 0 bridgehead atoms. The van der Waals surface area contributed by atoms with Gasteiger partial charge in [-0.25, -0.2) is 0 Å². The van der Waals surface area contributed by atoms with Gasteiger partial charge in [0, 0.05) is 5.54 Å². The van der Waals surface area contributed by atoms with Crippen LogP contribution in [-0.2, 0) is 9.22 Å². The van der Waals surface area contributed by atoms with Gasteiger partial charge >= 0.3 is 0 Å². The summed E-state index contributed by atoms with van der Waals surface area (Å²) in [5.74, 6) is 0.0123. The molecule has 78 valence electrons. The maximum absolute atomic E-state index is 11.7. The van der Waals surface area contributed by atoms with E-state index in [1.54, 1.807) is 0 Å². The van der Waals surface area contributed by atoms with Crippen LogP contribution >= 0.6 is 0 Å². The van der Waals surface area contributed by atoms with Crippen LogP contribution in [0, 0.1) is 0 Å². The fourth-order valence-corrected chi connectivity index (χ4v) is 2.41. The highest BCUT2D eigenvalue weighted by atomic mass is 28.4. The molecule has 0 aliphatic heterocycles. The molecule has 1 atom stereocenters. The van der Waals surface area contributed by atoms with E-state index in [4.69, 9.17) is 4.43 Å². The second-order valence-corrected chi connectivity index (χ2v) is 15.6. The molecule has 4 heteroatoms. The Bertz CT molecular complexity index is 189. The van der Waals surface area contributed by atoms with Crippen molar-refractivity contribution in [1.29, 1.82) is 0 Å². The molecule has 0 saturated carbocycles. The first-order valence-corrected chi connectivity index (χ1v) is 11.8. The summed E-state index contributed by atoms with van der Waals surface area (Å²) in [4.78, 5) is 11.7. The highest BCUT2D eigenvalue weighted by Crippen LogP contribution is 2.23. The monoisotopic (exact) mass is 218 g/mol. The number of rotatable bonds is 3. The van der Waals surface area contributed by atoms with Gasteiger partial charge in [0.25, 0.3) is 5.97 Å². The van der Waals surface area contributed by atoms with E-state index in [-0.39, 0.29) is 11.5 Å². The van der Waals surface area contributed by atoms with E-state index < -0.39 is 16.4 Å². The lowest BCUT2D eigenvalue weighted by atomic mass is 10.5. The largest absolute Gasteiger partial charge is 0.520 e. The molecule has 1 unspecified atom stereocenters. The Morgan fingerprint density at radius 1 is 1.08 bits per heavy atom. The van der Waals surface area contributed by atoms with Crippen LogP contribution in [0.4, 0.5) is 0 Å². The third kappa shape index (κ3) is 5.26. The molecular weight excluding hydrogens is 196 g/mol. The Balaban J connectivity index is 4.30. The molecule has 0 aliphatic rings. The molecule has 2 nitrogen and oxygen atoms in total. The number of hydrogen-bond donors (Lipinski definition) is 0. The summed E-state index contributed by atoms with van der Waals surface area (Å²) >= 11 is 0. The van der Waals surface area contributed by atoms with Crippen LogP contribution in [0.15, 0.2) is 0 Å². The molecule has 0 aromatic carbocycles. The van der Waals surface area contributed by atoms with Crippen LogP contribution in [-0.4, -0.2) is 22.4 Å². The lowest BCUT2D eigenvalue weighted by Gasteiger charge is -2.27. The van der Waals surface area contributed by atoms with Crippen molar-refractivity contribution in [2.24, 2.45) is 0 Å². The molecule has 0 aliphatic carbocycles. The highest BCUT2D eigenvalue weighted by Gasteiger charge is 2.32. The fourth-order valence-electron chi connectivity index (χ4n) is 0.744. The van der Waals surface area contributed by atoms with Gasteiger partial charge in [-0.1, -0.05) is 26.6 Å². The maximum Gasteiger partial charge on any atom is 0.292 e. The van der Waals surface area contributed by atoms with Crippen molar-refractivity contribution >= 4 is 22.4 Å². The summed E-state index contributed by atoms with van der Waals surface area (Å²) in [7, 11) is -3.06. The van der Waals surface area contributed by atoms with Crippen LogP contribution < -0.4 is 0 Å². The van der Waals surface area contributed by atoms with E-state index in [0.29, 0.717) is 0 Å². The zero-order valence-corrected chi connectivity index (χ0v) is 11.9. The van der Waals surface area contributed by atoms with Crippen molar-refractivity contribution in [3.8, 4) is 0 Å². The van der Waals surface area contributed by atoms with E-state index in [1.807, 2.05) is 26.6 Å². The molecule has 0 rings (SSSR count). The second-order valence-electron chi connectivity index (χ2n) is 5.62. The van der Waals surface area contributed by atoms with Crippen LogP contribution in [0.5, 0.6) is 0 Å². The molecule has 0 fully saturated rings. The quantitative estimate of drug-likeness (QED) is 0.681. The number of hydrogen-bond acceptors (Lipinski definition) is 2. The molecule has 13 heavy (non-hydrogen) atoms. The molecule has 0 aromatic rings. The lowest BCUT2D eigenvalue weighted by molar-refractivity contribution is -0.134. The minimum Gasteiger partial charge on any atom is -0.520 e. The SMILES string of the molecule is CC(C(=O)O[Si](C)(C)C)[Si](C)(C)C. The van der Waals surface area contributed by atoms with Crippen molar-refractivity contribution < 1.29 is 9.22 Å². The summed E-state index contributed by atoms with van der Waals surface area (Å²) in [6.45, 7) is 14.7. The van der Waals surface area contributed by atoms with E-state index >= 15 is 0 Å². The third-order valence-electron chi connectivity index (χ3n) is 2.06. The molecule has 0 aromatic heterocycles. The van der Waals surface area contributed by atoms with E-state index in [1.165, 1.54) is 0 Å². The van der Waals surface area contributed by atoms with Gasteiger partial charge in [0.2, 0.25) is 8.32 Å². The zero-order valence-electron chi connectivity index (χ0n) is 9.89. The van der Waals surface area contributed by atoms with Gasteiger partial charge < -0.3 is 4.43 Å². The average Bonchev–Trinajstić information content (AvgIpc) is 1.79. The van der Waals surface area contributed by atoms with Crippen LogP contribution in [0.2, 0.25) is 44.8 Å². The van der Waals surface area contributed by atoms with Gasteiger partial charge in [-0.3, -0.25) is 4.79 Å². The van der Waals surface area contributed by atoms with Crippen molar-refractivity contribution in [2.45, 2.75) is 51.7 Å². The number of carbonyl (C=O) groups is 1. The van der Waals surface area contributed by atoms with Gasteiger partial charge in [0.15, 0.2) is 0 Å². The van der Waals surface area contributed by atoms with E-state index in [9.17, 15) is 4.79 Å². The molecule has 0 amide bonds. The Morgan fingerprint density at radius 2 is 1.46 bits per heavy atom. The molecule has 0 spiro atoms. The van der Waals surface area contributed by atoms with Crippen molar-refractivity contribution in [3.05, 3.63) is 0 Å². The zero-order chi connectivity index (χ0) is 10.9. The van der Waals surface area contributed by atoms with Crippen LogP contribution in [0.3, 0.4) is 0 Å². The number of carbonyl (C=O) groups excluding carboxylic acids is 1. The van der Waals surface area contributed by atoms with Crippen molar-refractivity contribution in [1.82, 2.24) is 0 Å². The predicted octanol–water partition coefficient (Wildman–Crippen LogP) is 3.09. The summed E-state index contributed by atoms with van der Waals surface area (Å²) < 4.78 is 5.46. The van der Waals surface area contributed by atoms with E-state index in [2.05, 4.69) is 19.6 Å². The summed E-state index contributed by atoms with van der Waals surface area (Å²) in [6.07, 6.45) is 0. The van der Waals surface area contributed by atoms with Crippen LogP contribution in [0.25, 0.3) is 0 Å². The second kappa shape index (κ2) is 3.96. The lowest BCUT2D eigenvalue weighted by Crippen LogP contribution is -2.38. The Hall–Kier alpha value is -0.0962. The summed E-state index contributed by atoms with van der Waals surface area (Å²) in [6, 6.07) is 0. The van der Waals surface area contributed by atoms with Gasteiger partial charge in [-0.15, -0.1) is 0 Å². The highest BCUT2D eigenvalue weighted by molar-refractivity contribution is 6.81. The maximum atomic E-state index is 11.7. The minimum atomic E-state index is -1.69.